The van der Waals surface area contributed by atoms with E-state index in [1.54, 1.807) is 0 Å². The highest BCUT2D eigenvalue weighted by molar-refractivity contribution is 6.99. The Morgan fingerprint density at radius 2 is 0.927 bits per heavy atom. The van der Waals surface area contributed by atoms with E-state index in [1.165, 1.54) is 82.1 Å². The molecule has 0 spiro atoms. The lowest BCUT2D eigenvalue weighted by Crippen LogP contribution is -2.48. The first-order valence-corrected chi connectivity index (χ1v) is 14.4. The van der Waals surface area contributed by atoms with Crippen LogP contribution in [0.1, 0.15) is 0 Å². The minimum atomic E-state index is 0.240. The molecule has 8 aromatic rings. The van der Waals surface area contributed by atoms with Gasteiger partial charge in [-0.3, -0.25) is 0 Å². The third-order valence-corrected chi connectivity index (χ3v) is 9.09. The average Bonchev–Trinajstić information content (AvgIpc) is 3.38. The highest BCUT2D eigenvalue weighted by atomic mass is 14.2. The van der Waals surface area contributed by atoms with Gasteiger partial charge in [0, 0.05) is 0 Å². The Bertz CT molecular complexity index is 2170. The molecule has 41 heavy (non-hydrogen) atoms. The van der Waals surface area contributed by atoms with Crippen LogP contribution in [0.15, 0.2) is 152 Å². The predicted molar refractivity (Wildman–Crippen MR) is 178 cm³/mol. The van der Waals surface area contributed by atoms with Gasteiger partial charge in [-0.2, -0.15) is 0 Å². The zero-order valence-corrected chi connectivity index (χ0v) is 22.5. The van der Waals surface area contributed by atoms with Crippen molar-refractivity contribution >= 4 is 55.4 Å². The molecule has 1 heteroatoms. The third-order valence-electron chi connectivity index (χ3n) is 9.09. The Hall–Kier alpha value is -5.14. The summed E-state index contributed by atoms with van der Waals surface area (Å²) in [6.45, 7) is 0.240. The van der Waals surface area contributed by atoms with Gasteiger partial charge in [-0.05, 0) is 71.8 Å². The maximum atomic E-state index is 2.48. The van der Waals surface area contributed by atoms with Crippen molar-refractivity contribution in [3.8, 4) is 33.4 Å². The van der Waals surface area contributed by atoms with Gasteiger partial charge in [0.25, 0.3) is 0 Å². The fourth-order valence-corrected chi connectivity index (χ4v) is 7.38. The van der Waals surface area contributed by atoms with Crippen molar-refractivity contribution in [2.75, 3.05) is 0 Å². The summed E-state index contributed by atoms with van der Waals surface area (Å²) in [4.78, 5) is 0. The summed E-state index contributed by atoms with van der Waals surface area (Å²) in [5, 5.41) is 8.03. The second-order valence-corrected chi connectivity index (χ2v) is 11.2. The molecule has 0 aromatic heterocycles. The molecule has 0 saturated carbocycles. The Morgan fingerprint density at radius 1 is 0.366 bits per heavy atom. The number of hydrogen-bond donors (Lipinski definition) is 0. The van der Waals surface area contributed by atoms with Gasteiger partial charge in [0.1, 0.15) is 0 Å². The van der Waals surface area contributed by atoms with Crippen LogP contribution in [0.25, 0.3) is 65.7 Å². The van der Waals surface area contributed by atoms with Crippen LogP contribution in [-0.4, -0.2) is 6.71 Å². The maximum absolute atomic E-state index is 2.48. The lowest BCUT2D eigenvalue weighted by molar-refractivity contribution is 1.63. The summed E-state index contributed by atoms with van der Waals surface area (Å²) in [6.07, 6.45) is 0. The van der Waals surface area contributed by atoms with Gasteiger partial charge in [0.15, 0.2) is 0 Å². The third kappa shape index (κ3) is 3.24. The van der Waals surface area contributed by atoms with Crippen LogP contribution in [-0.2, 0) is 0 Å². The molecule has 188 valence electrons. The van der Waals surface area contributed by atoms with Crippen LogP contribution < -0.4 is 16.4 Å². The van der Waals surface area contributed by atoms with Crippen LogP contribution in [0.2, 0.25) is 0 Å². The lowest BCUT2D eigenvalue weighted by Gasteiger charge is -2.20. The van der Waals surface area contributed by atoms with Crippen molar-refractivity contribution in [3.63, 3.8) is 0 Å². The molecule has 1 aliphatic heterocycles. The molecular formula is C40H25B. The van der Waals surface area contributed by atoms with E-state index in [0.717, 1.165) is 0 Å². The van der Waals surface area contributed by atoms with Crippen LogP contribution >= 0.6 is 0 Å². The smallest absolute Gasteiger partial charge is 0.0686 e. The minimum Gasteiger partial charge on any atom is -0.0686 e. The van der Waals surface area contributed by atoms with E-state index >= 15 is 0 Å². The molecule has 0 amide bonds. The quantitative estimate of drug-likeness (QED) is 0.163. The summed E-state index contributed by atoms with van der Waals surface area (Å²) in [5.74, 6) is 0. The van der Waals surface area contributed by atoms with E-state index in [-0.39, 0.29) is 6.71 Å². The lowest BCUT2D eigenvalue weighted by atomic mass is 9.39. The summed E-state index contributed by atoms with van der Waals surface area (Å²) in [7, 11) is 0. The average molecular weight is 516 g/mol. The summed E-state index contributed by atoms with van der Waals surface area (Å²) >= 11 is 0. The summed E-state index contributed by atoms with van der Waals surface area (Å²) in [5.41, 5.74) is 12.0. The van der Waals surface area contributed by atoms with Crippen molar-refractivity contribution in [3.05, 3.63) is 152 Å². The van der Waals surface area contributed by atoms with Crippen LogP contribution in [0.3, 0.4) is 0 Å². The Balaban J connectivity index is 1.44. The molecule has 1 aliphatic rings. The number of benzene rings is 8. The molecule has 0 aliphatic carbocycles. The SMILES string of the molecule is c1ccc(B2c3ccccc3-c3c2cc2ccc4c(-c5ccccc5)cc(-c5ccccc5)c5ccc3c2c45)cc1. The molecule has 8 aromatic carbocycles. The highest BCUT2D eigenvalue weighted by Gasteiger charge is 2.35. The molecule has 0 nitrogen and oxygen atoms in total. The molecule has 0 unspecified atom stereocenters. The van der Waals surface area contributed by atoms with E-state index in [9.17, 15) is 0 Å². The summed E-state index contributed by atoms with van der Waals surface area (Å²) in [6, 6.07) is 56.1. The first-order valence-electron chi connectivity index (χ1n) is 14.4. The van der Waals surface area contributed by atoms with Gasteiger partial charge >= 0.3 is 0 Å². The van der Waals surface area contributed by atoms with Gasteiger partial charge in [-0.15, -0.1) is 0 Å². The predicted octanol–water partition coefficient (Wildman–Crippen LogP) is 8.41. The zero-order valence-electron chi connectivity index (χ0n) is 22.5. The van der Waals surface area contributed by atoms with Crippen LogP contribution in [0, 0.1) is 0 Å². The molecule has 1 heterocycles. The molecule has 0 atom stereocenters. The van der Waals surface area contributed by atoms with Crippen molar-refractivity contribution in [1.29, 1.82) is 0 Å². The highest BCUT2D eigenvalue weighted by Crippen LogP contribution is 2.46. The van der Waals surface area contributed by atoms with Crippen molar-refractivity contribution in [1.82, 2.24) is 0 Å². The van der Waals surface area contributed by atoms with E-state index in [2.05, 4.69) is 152 Å². The first kappa shape index (κ1) is 22.7. The summed E-state index contributed by atoms with van der Waals surface area (Å²) < 4.78 is 0. The Kier molecular flexibility index (Phi) is 4.80. The topological polar surface area (TPSA) is 0 Å². The largest absolute Gasteiger partial charge is 0.242 e. The minimum absolute atomic E-state index is 0.240. The molecule has 0 fully saturated rings. The van der Waals surface area contributed by atoms with Crippen molar-refractivity contribution in [2.24, 2.45) is 0 Å². The standard InChI is InChI=1S/C40H25B/c1-4-12-26(13-5-1)34-25-35(27-14-6-2-7-15-27)31-22-23-33-38-28(20-21-30(34)40(31)38)24-37-39(33)32-18-10-11-19-36(32)41(37)29-16-8-3-9-17-29/h1-25H. The van der Waals surface area contributed by atoms with Crippen molar-refractivity contribution < 1.29 is 0 Å². The number of fused-ring (bicyclic) bond motifs is 4. The number of hydrogen-bond acceptors (Lipinski definition) is 0. The molecule has 0 radical (unpaired) electrons. The van der Waals surface area contributed by atoms with Crippen LogP contribution in [0.5, 0.6) is 0 Å². The van der Waals surface area contributed by atoms with E-state index in [4.69, 9.17) is 0 Å². The second-order valence-electron chi connectivity index (χ2n) is 11.2. The molecular weight excluding hydrogens is 491 g/mol. The Morgan fingerprint density at radius 3 is 1.61 bits per heavy atom. The second kappa shape index (κ2) is 8.68. The molecule has 0 bridgehead atoms. The van der Waals surface area contributed by atoms with Gasteiger partial charge in [0.2, 0.25) is 6.71 Å². The van der Waals surface area contributed by atoms with E-state index < -0.39 is 0 Å². The fraction of sp³-hybridized carbons (Fsp3) is 0. The van der Waals surface area contributed by atoms with Gasteiger partial charge in [-0.1, -0.05) is 162 Å². The van der Waals surface area contributed by atoms with Crippen molar-refractivity contribution in [2.45, 2.75) is 0 Å². The zero-order chi connectivity index (χ0) is 26.9. The van der Waals surface area contributed by atoms with E-state index in [0.29, 0.717) is 0 Å². The van der Waals surface area contributed by atoms with Gasteiger partial charge in [-0.25, -0.2) is 0 Å². The Labute approximate surface area is 240 Å². The van der Waals surface area contributed by atoms with Crippen LogP contribution in [0.4, 0.5) is 0 Å². The molecule has 0 saturated heterocycles. The molecule has 0 N–H and O–H groups in total. The number of rotatable bonds is 3. The normalized spacial score (nSPS) is 12.3. The van der Waals surface area contributed by atoms with Gasteiger partial charge < -0.3 is 0 Å². The maximum Gasteiger partial charge on any atom is 0.242 e. The van der Waals surface area contributed by atoms with E-state index in [1.807, 2.05) is 0 Å². The fourth-order valence-electron chi connectivity index (χ4n) is 7.38. The molecule has 9 rings (SSSR count). The van der Waals surface area contributed by atoms with Gasteiger partial charge in [0.05, 0.1) is 0 Å². The monoisotopic (exact) mass is 516 g/mol. The first-order chi connectivity index (χ1) is 20.4.